The van der Waals surface area contributed by atoms with Gasteiger partial charge in [0, 0.05) is 13.2 Å². The summed E-state index contributed by atoms with van der Waals surface area (Å²) in [5, 5.41) is 0. The van der Waals surface area contributed by atoms with Crippen LogP contribution in [0.3, 0.4) is 0 Å². The average molecular weight is 275 g/mol. The van der Waals surface area contributed by atoms with Crippen LogP contribution in [0, 0.1) is 11.8 Å². The minimum absolute atomic E-state index is 0.593. The summed E-state index contributed by atoms with van der Waals surface area (Å²) in [7, 11) is -1.92. The summed E-state index contributed by atoms with van der Waals surface area (Å²) in [5.74, 6) is 1.19. The molecule has 0 aliphatic rings. The fraction of sp³-hybridized carbons (Fsp3) is 1.00. The highest BCUT2D eigenvalue weighted by atomic mass is 28.4. The molecule has 0 aromatic heterocycles. The van der Waals surface area contributed by atoms with Gasteiger partial charge in [-0.1, -0.05) is 60.3 Å². The minimum atomic E-state index is -1.92. The van der Waals surface area contributed by atoms with E-state index in [0.29, 0.717) is 11.8 Å². The third-order valence-corrected chi connectivity index (χ3v) is 5.74. The summed E-state index contributed by atoms with van der Waals surface area (Å²) in [5.41, 5.74) is 0. The van der Waals surface area contributed by atoms with Crippen molar-refractivity contribution in [2.75, 3.05) is 13.2 Å². The Morgan fingerprint density at radius 3 is 1.72 bits per heavy atom. The molecule has 0 atom stereocenters. The highest BCUT2D eigenvalue weighted by Gasteiger charge is 2.31. The van der Waals surface area contributed by atoms with Gasteiger partial charge in [-0.05, 0) is 24.4 Å². The molecular formula is C15H34O2Si. The Labute approximate surface area is 116 Å². The second-order valence-electron chi connectivity index (χ2n) is 6.35. The van der Waals surface area contributed by atoms with Crippen LogP contribution in [-0.4, -0.2) is 21.8 Å². The second kappa shape index (κ2) is 9.99. The van der Waals surface area contributed by atoms with Gasteiger partial charge in [0.05, 0.1) is 0 Å². The molecule has 3 heteroatoms. The molecule has 0 spiro atoms. The van der Waals surface area contributed by atoms with Crippen LogP contribution in [0.25, 0.3) is 0 Å². The first-order valence-corrected chi connectivity index (χ1v) is 10.2. The Hall–Kier alpha value is 0.137. The van der Waals surface area contributed by atoms with Crippen molar-refractivity contribution in [3.05, 3.63) is 0 Å². The van der Waals surface area contributed by atoms with Crippen LogP contribution >= 0.6 is 0 Å². The molecule has 0 saturated heterocycles. The van der Waals surface area contributed by atoms with Gasteiger partial charge in [0.1, 0.15) is 0 Å². The summed E-state index contributed by atoms with van der Waals surface area (Å²) in [6.45, 7) is 15.0. The van der Waals surface area contributed by atoms with E-state index in [1.165, 1.54) is 25.7 Å². The zero-order valence-electron chi connectivity index (χ0n) is 13.4. The van der Waals surface area contributed by atoms with Crippen LogP contribution in [0.2, 0.25) is 12.6 Å². The Bertz CT molecular complexity index is 181. The van der Waals surface area contributed by atoms with E-state index in [1.54, 1.807) is 0 Å². The van der Waals surface area contributed by atoms with E-state index >= 15 is 0 Å². The van der Waals surface area contributed by atoms with Crippen LogP contribution in [-0.2, 0) is 8.85 Å². The van der Waals surface area contributed by atoms with Gasteiger partial charge in [-0.25, -0.2) is 0 Å². The average Bonchev–Trinajstić information content (AvgIpc) is 2.30. The second-order valence-corrected chi connectivity index (χ2v) is 9.70. The molecule has 0 radical (unpaired) electrons. The van der Waals surface area contributed by atoms with Crippen LogP contribution in [0.4, 0.5) is 0 Å². The van der Waals surface area contributed by atoms with Gasteiger partial charge in [-0.15, -0.1) is 0 Å². The maximum atomic E-state index is 6.14. The van der Waals surface area contributed by atoms with Crippen molar-refractivity contribution >= 4 is 8.56 Å². The summed E-state index contributed by atoms with van der Waals surface area (Å²) in [6, 6.07) is 1.15. The van der Waals surface area contributed by atoms with Gasteiger partial charge in [0.2, 0.25) is 0 Å². The van der Waals surface area contributed by atoms with Crippen LogP contribution in [0.5, 0.6) is 0 Å². The lowest BCUT2D eigenvalue weighted by Crippen LogP contribution is -2.40. The molecule has 0 saturated carbocycles. The summed E-state index contributed by atoms with van der Waals surface area (Å²) < 4.78 is 12.3. The first kappa shape index (κ1) is 18.1. The highest BCUT2D eigenvalue weighted by Crippen LogP contribution is 2.20. The van der Waals surface area contributed by atoms with Crippen molar-refractivity contribution in [1.29, 1.82) is 0 Å². The first-order chi connectivity index (χ1) is 8.39. The number of unbranched alkanes of at least 4 members (excludes halogenated alkanes) is 3. The maximum Gasteiger partial charge on any atom is 0.334 e. The van der Waals surface area contributed by atoms with Gasteiger partial charge in [-0.2, -0.15) is 0 Å². The Kier molecular flexibility index (Phi) is 10.1. The first-order valence-electron chi connectivity index (χ1n) is 7.67. The van der Waals surface area contributed by atoms with Crippen molar-refractivity contribution in [2.24, 2.45) is 11.8 Å². The van der Waals surface area contributed by atoms with Crippen molar-refractivity contribution in [3.63, 3.8) is 0 Å². The van der Waals surface area contributed by atoms with Crippen LogP contribution < -0.4 is 0 Å². The van der Waals surface area contributed by atoms with Gasteiger partial charge < -0.3 is 8.85 Å². The number of hydrogen-bond acceptors (Lipinski definition) is 2. The fourth-order valence-electron chi connectivity index (χ4n) is 1.74. The molecule has 0 fully saturated rings. The number of rotatable bonds is 11. The van der Waals surface area contributed by atoms with E-state index in [4.69, 9.17) is 8.85 Å². The van der Waals surface area contributed by atoms with Gasteiger partial charge in [0.15, 0.2) is 0 Å². The molecule has 0 heterocycles. The van der Waals surface area contributed by atoms with Crippen molar-refractivity contribution in [1.82, 2.24) is 0 Å². The fourth-order valence-corrected chi connectivity index (χ4v) is 4.38. The molecular weight excluding hydrogens is 240 g/mol. The predicted molar refractivity (Wildman–Crippen MR) is 82.1 cm³/mol. The molecule has 0 aliphatic carbocycles. The Morgan fingerprint density at radius 2 is 1.33 bits per heavy atom. The molecule has 0 unspecified atom stereocenters. The lowest BCUT2D eigenvalue weighted by atomic mass is 10.2. The summed E-state index contributed by atoms with van der Waals surface area (Å²) >= 11 is 0. The summed E-state index contributed by atoms with van der Waals surface area (Å²) in [4.78, 5) is 0. The zero-order chi connectivity index (χ0) is 14.0. The van der Waals surface area contributed by atoms with Crippen LogP contribution in [0.1, 0.15) is 60.3 Å². The van der Waals surface area contributed by atoms with E-state index in [9.17, 15) is 0 Å². The van der Waals surface area contributed by atoms with E-state index in [2.05, 4.69) is 41.2 Å². The van der Waals surface area contributed by atoms with Crippen molar-refractivity contribution in [2.45, 2.75) is 72.9 Å². The molecule has 18 heavy (non-hydrogen) atoms. The minimum Gasteiger partial charge on any atom is -0.394 e. The molecule has 2 nitrogen and oxygen atoms in total. The van der Waals surface area contributed by atoms with Crippen LogP contribution in [0.15, 0.2) is 0 Å². The molecule has 0 bridgehead atoms. The third-order valence-electron chi connectivity index (χ3n) is 2.93. The van der Waals surface area contributed by atoms with E-state index in [1.807, 2.05) is 0 Å². The molecule has 0 aromatic carbocycles. The van der Waals surface area contributed by atoms with Crippen molar-refractivity contribution in [3.8, 4) is 0 Å². The Balaban J connectivity index is 4.11. The molecule has 0 rings (SSSR count). The molecule has 0 N–H and O–H groups in total. The predicted octanol–water partition coefficient (Wildman–Crippen LogP) is 4.98. The Morgan fingerprint density at radius 1 is 0.833 bits per heavy atom. The molecule has 0 aliphatic heterocycles. The van der Waals surface area contributed by atoms with Gasteiger partial charge in [0.25, 0.3) is 0 Å². The number of hydrogen-bond donors (Lipinski definition) is 0. The molecule has 0 amide bonds. The zero-order valence-corrected chi connectivity index (χ0v) is 14.4. The molecule has 110 valence electrons. The van der Waals surface area contributed by atoms with Gasteiger partial charge >= 0.3 is 8.56 Å². The largest absolute Gasteiger partial charge is 0.394 e. The molecule has 0 aromatic rings. The van der Waals surface area contributed by atoms with E-state index < -0.39 is 8.56 Å². The smallest absolute Gasteiger partial charge is 0.334 e. The quantitative estimate of drug-likeness (QED) is 0.390. The SMILES string of the molecule is CCCCCC[Si](C)(OCC(C)C)OCC(C)C. The lowest BCUT2D eigenvalue weighted by Gasteiger charge is -2.29. The van der Waals surface area contributed by atoms with Crippen molar-refractivity contribution < 1.29 is 8.85 Å². The third kappa shape index (κ3) is 10.1. The van der Waals surface area contributed by atoms with Gasteiger partial charge in [-0.3, -0.25) is 0 Å². The summed E-state index contributed by atoms with van der Waals surface area (Å²) in [6.07, 6.45) is 5.19. The standard InChI is InChI=1S/C15H34O2Si/c1-7-8-9-10-11-18(6,16-12-14(2)3)17-13-15(4)5/h14-15H,7-13H2,1-6H3. The maximum absolute atomic E-state index is 6.14. The van der Waals surface area contributed by atoms with E-state index in [-0.39, 0.29) is 0 Å². The monoisotopic (exact) mass is 274 g/mol. The van der Waals surface area contributed by atoms with E-state index in [0.717, 1.165) is 19.3 Å². The lowest BCUT2D eigenvalue weighted by molar-refractivity contribution is 0.142. The normalized spacial score (nSPS) is 12.7. The highest BCUT2D eigenvalue weighted by molar-refractivity contribution is 6.66. The topological polar surface area (TPSA) is 18.5 Å².